The van der Waals surface area contributed by atoms with Crippen molar-refractivity contribution in [3.63, 3.8) is 0 Å². The molecule has 1 unspecified atom stereocenters. The third kappa shape index (κ3) is 3.69. The Hall–Kier alpha value is -0.120. The number of aliphatic hydroxyl groups excluding tert-OH is 1. The van der Waals surface area contributed by atoms with Gasteiger partial charge in [0, 0.05) is 31.2 Å². The standard InChI is InChI=1S/C15H32N2O/c1-5-15(6-2,13-18)12-16-10-9-14(11-16)17(7-3)8-4/h14,18H,5-13H2,1-4H3. The highest BCUT2D eigenvalue weighted by Crippen LogP contribution is 2.29. The maximum atomic E-state index is 9.67. The number of likely N-dealkylation sites (tertiary alicyclic amines) is 1. The van der Waals surface area contributed by atoms with Crippen LogP contribution in [0, 0.1) is 5.41 Å². The molecular formula is C15H32N2O. The Balaban J connectivity index is 2.51. The van der Waals surface area contributed by atoms with Crippen molar-refractivity contribution in [3.05, 3.63) is 0 Å². The molecule has 1 rings (SSSR count). The fraction of sp³-hybridized carbons (Fsp3) is 1.00. The summed E-state index contributed by atoms with van der Waals surface area (Å²) in [5.41, 5.74) is 0.123. The summed E-state index contributed by atoms with van der Waals surface area (Å²) >= 11 is 0. The van der Waals surface area contributed by atoms with E-state index in [0.717, 1.165) is 38.5 Å². The number of nitrogens with zero attached hydrogens (tertiary/aromatic N) is 2. The first kappa shape index (κ1) is 15.9. The molecule has 3 nitrogen and oxygen atoms in total. The van der Waals surface area contributed by atoms with E-state index in [0.29, 0.717) is 6.61 Å². The Morgan fingerprint density at radius 1 is 1.17 bits per heavy atom. The van der Waals surface area contributed by atoms with Gasteiger partial charge in [0.05, 0.1) is 0 Å². The first-order valence-electron chi connectivity index (χ1n) is 7.71. The van der Waals surface area contributed by atoms with Crippen molar-refractivity contribution in [3.8, 4) is 0 Å². The van der Waals surface area contributed by atoms with E-state index in [1.54, 1.807) is 0 Å². The predicted octanol–water partition coefficient (Wildman–Crippen LogP) is 2.20. The molecule has 3 heteroatoms. The highest BCUT2D eigenvalue weighted by molar-refractivity contribution is 4.87. The monoisotopic (exact) mass is 256 g/mol. The molecule has 0 bridgehead atoms. The van der Waals surface area contributed by atoms with Gasteiger partial charge in [-0.1, -0.05) is 27.7 Å². The molecular weight excluding hydrogens is 224 g/mol. The van der Waals surface area contributed by atoms with Crippen LogP contribution < -0.4 is 0 Å². The molecule has 1 atom stereocenters. The third-order valence-electron chi connectivity index (χ3n) is 4.97. The van der Waals surface area contributed by atoms with E-state index in [1.165, 1.54) is 19.5 Å². The number of hydrogen-bond acceptors (Lipinski definition) is 3. The van der Waals surface area contributed by atoms with E-state index in [-0.39, 0.29) is 5.41 Å². The first-order chi connectivity index (χ1) is 8.64. The minimum absolute atomic E-state index is 0.123. The summed E-state index contributed by atoms with van der Waals surface area (Å²) in [4.78, 5) is 5.13. The molecule has 1 aliphatic heterocycles. The molecule has 1 aliphatic rings. The SMILES string of the molecule is CCN(CC)C1CCN(CC(CC)(CC)CO)C1. The van der Waals surface area contributed by atoms with Crippen LogP contribution in [0.15, 0.2) is 0 Å². The van der Waals surface area contributed by atoms with Crippen LogP contribution in [0.25, 0.3) is 0 Å². The van der Waals surface area contributed by atoms with Crippen molar-refractivity contribution in [2.45, 2.75) is 53.0 Å². The number of rotatable bonds is 8. The van der Waals surface area contributed by atoms with Crippen LogP contribution in [-0.2, 0) is 0 Å². The highest BCUT2D eigenvalue weighted by atomic mass is 16.3. The van der Waals surface area contributed by atoms with Crippen LogP contribution in [0.2, 0.25) is 0 Å². The zero-order chi connectivity index (χ0) is 13.6. The Labute approximate surface area is 113 Å². The van der Waals surface area contributed by atoms with Gasteiger partial charge in [0.1, 0.15) is 0 Å². The molecule has 0 amide bonds. The van der Waals surface area contributed by atoms with E-state index in [2.05, 4.69) is 37.5 Å². The second kappa shape index (κ2) is 7.46. The Morgan fingerprint density at radius 3 is 2.22 bits per heavy atom. The summed E-state index contributed by atoms with van der Waals surface area (Å²) in [6.07, 6.45) is 3.44. The topological polar surface area (TPSA) is 26.7 Å². The van der Waals surface area contributed by atoms with E-state index < -0.39 is 0 Å². The normalized spacial score (nSPS) is 22.0. The molecule has 1 fully saturated rings. The predicted molar refractivity (Wildman–Crippen MR) is 77.9 cm³/mol. The van der Waals surface area contributed by atoms with Crippen LogP contribution in [0.3, 0.4) is 0 Å². The number of aliphatic hydroxyl groups is 1. The lowest BCUT2D eigenvalue weighted by Gasteiger charge is -2.34. The van der Waals surface area contributed by atoms with Crippen LogP contribution in [0.4, 0.5) is 0 Å². The molecule has 108 valence electrons. The Kier molecular flexibility index (Phi) is 6.61. The lowest BCUT2D eigenvalue weighted by Crippen LogP contribution is -2.41. The molecule has 0 saturated carbocycles. The fourth-order valence-corrected chi connectivity index (χ4v) is 3.22. The van der Waals surface area contributed by atoms with Crippen molar-refractivity contribution in [2.75, 3.05) is 39.3 Å². The zero-order valence-corrected chi connectivity index (χ0v) is 12.8. The average Bonchev–Trinajstić information content (AvgIpc) is 2.86. The molecule has 1 heterocycles. The largest absolute Gasteiger partial charge is 0.396 e. The average molecular weight is 256 g/mol. The third-order valence-corrected chi connectivity index (χ3v) is 4.97. The minimum Gasteiger partial charge on any atom is -0.396 e. The maximum Gasteiger partial charge on any atom is 0.0499 e. The maximum absolute atomic E-state index is 9.67. The van der Waals surface area contributed by atoms with Crippen LogP contribution in [0.5, 0.6) is 0 Å². The van der Waals surface area contributed by atoms with Gasteiger partial charge in [-0.2, -0.15) is 0 Å². The van der Waals surface area contributed by atoms with Crippen molar-refractivity contribution >= 4 is 0 Å². The van der Waals surface area contributed by atoms with Crippen LogP contribution >= 0.6 is 0 Å². The molecule has 1 N–H and O–H groups in total. The Bertz CT molecular complexity index is 216. The lowest BCUT2D eigenvalue weighted by atomic mass is 9.83. The fourth-order valence-electron chi connectivity index (χ4n) is 3.22. The molecule has 0 aliphatic carbocycles. The molecule has 0 radical (unpaired) electrons. The molecule has 0 aromatic carbocycles. The van der Waals surface area contributed by atoms with Crippen LogP contribution in [0.1, 0.15) is 47.0 Å². The van der Waals surface area contributed by atoms with Gasteiger partial charge in [-0.3, -0.25) is 4.90 Å². The van der Waals surface area contributed by atoms with E-state index >= 15 is 0 Å². The van der Waals surface area contributed by atoms with E-state index in [1.807, 2.05) is 0 Å². The van der Waals surface area contributed by atoms with E-state index in [4.69, 9.17) is 0 Å². The van der Waals surface area contributed by atoms with Gasteiger partial charge in [0.15, 0.2) is 0 Å². The highest BCUT2D eigenvalue weighted by Gasteiger charge is 2.33. The van der Waals surface area contributed by atoms with Crippen molar-refractivity contribution in [2.24, 2.45) is 5.41 Å². The van der Waals surface area contributed by atoms with Crippen molar-refractivity contribution in [1.82, 2.24) is 9.80 Å². The van der Waals surface area contributed by atoms with Gasteiger partial charge in [-0.15, -0.1) is 0 Å². The van der Waals surface area contributed by atoms with E-state index in [9.17, 15) is 5.11 Å². The van der Waals surface area contributed by atoms with Gasteiger partial charge in [0.2, 0.25) is 0 Å². The summed E-state index contributed by atoms with van der Waals surface area (Å²) < 4.78 is 0. The molecule has 0 spiro atoms. The summed E-state index contributed by atoms with van der Waals surface area (Å²) in [5.74, 6) is 0. The smallest absolute Gasteiger partial charge is 0.0499 e. The van der Waals surface area contributed by atoms with Crippen molar-refractivity contribution in [1.29, 1.82) is 0 Å². The zero-order valence-electron chi connectivity index (χ0n) is 12.8. The van der Waals surface area contributed by atoms with Gasteiger partial charge < -0.3 is 10.0 Å². The van der Waals surface area contributed by atoms with Gasteiger partial charge in [-0.25, -0.2) is 0 Å². The lowest BCUT2D eigenvalue weighted by molar-refractivity contribution is 0.0714. The van der Waals surface area contributed by atoms with Gasteiger partial charge >= 0.3 is 0 Å². The van der Waals surface area contributed by atoms with Crippen LogP contribution in [-0.4, -0.2) is 60.3 Å². The molecule has 0 aromatic heterocycles. The van der Waals surface area contributed by atoms with Gasteiger partial charge in [0.25, 0.3) is 0 Å². The first-order valence-corrected chi connectivity index (χ1v) is 7.71. The second-order valence-electron chi connectivity index (χ2n) is 5.76. The minimum atomic E-state index is 0.123. The summed E-state index contributed by atoms with van der Waals surface area (Å²) in [5, 5.41) is 9.67. The number of likely N-dealkylation sites (N-methyl/N-ethyl adjacent to an activating group) is 1. The summed E-state index contributed by atoms with van der Waals surface area (Å²) in [6, 6.07) is 0.727. The van der Waals surface area contributed by atoms with Gasteiger partial charge in [-0.05, 0) is 38.9 Å². The molecule has 0 aromatic rings. The summed E-state index contributed by atoms with van der Waals surface area (Å²) in [7, 11) is 0. The quantitative estimate of drug-likeness (QED) is 0.721. The number of hydrogen-bond donors (Lipinski definition) is 1. The molecule has 18 heavy (non-hydrogen) atoms. The van der Waals surface area contributed by atoms with Crippen molar-refractivity contribution < 1.29 is 5.11 Å². The second-order valence-corrected chi connectivity index (χ2v) is 5.76. The Morgan fingerprint density at radius 2 is 1.78 bits per heavy atom. The summed E-state index contributed by atoms with van der Waals surface area (Å²) in [6.45, 7) is 15.0. The molecule has 1 saturated heterocycles.